The van der Waals surface area contributed by atoms with Gasteiger partial charge in [-0.1, -0.05) is 6.08 Å². The van der Waals surface area contributed by atoms with Crippen molar-refractivity contribution in [1.29, 1.82) is 0 Å². The van der Waals surface area contributed by atoms with E-state index in [2.05, 4.69) is 4.90 Å². The maximum absolute atomic E-state index is 10.5. The number of aliphatic carboxylic acids is 1. The molecule has 1 aliphatic rings. The molecule has 0 amide bonds. The number of hydrogen-bond acceptors (Lipinski definition) is 3. The molecular formula is C11H19NO3. The van der Waals surface area contributed by atoms with Crippen molar-refractivity contribution in [2.75, 3.05) is 19.6 Å². The molecule has 15 heavy (non-hydrogen) atoms. The predicted octanol–water partition coefficient (Wildman–Crippen LogP) is 0.864. The largest absolute Gasteiger partial charge is 0.478 e. The minimum atomic E-state index is -0.862. The number of rotatable bonds is 3. The van der Waals surface area contributed by atoms with Crippen LogP contribution in [-0.2, 0) is 4.79 Å². The van der Waals surface area contributed by atoms with E-state index in [0.717, 1.165) is 25.9 Å². The number of likely N-dealkylation sites (tertiary alicyclic amines) is 1. The fourth-order valence-electron chi connectivity index (χ4n) is 1.57. The molecule has 0 atom stereocenters. The second-order valence-electron chi connectivity index (χ2n) is 4.49. The Balaban J connectivity index is 2.37. The van der Waals surface area contributed by atoms with Gasteiger partial charge in [-0.05, 0) is 26.7 Å². The Hall–Kier alpha value is -0.870. The van der Waals surface area contributed by atoms with Gasteiger partial charge in [0.15, 0.2) is 0 Å². The standard InChI is InChI=1S/C11H19NO3/c1-9(10(13)14)3-6-12-7-4-11(2,15)5-8-12/h3,15H,4-8H2,1-2H3,(H,13,14)/b9-3+. The lowest BCUT2D eigenvalue weighted by Gasteiger charge is -2.35. The molecule has 0 saturated carbocycles. The van der Waals surface area contributed by atoms with Crippen LogP contribution in [0.15, 0.2) is 11.6 Å². The van der Waals surface area contributed by atoms with Crippen molar-refractivity contribution in [2.45, 2.75) is 32.3 Å². The van der Waals surface area contributed by atoms with E-state index in [4.69, 9.17) is 5.11 Å². The van der Waals surface area contributed by atoms with Gasteiger partial charge in [0.05, 0.1) is 5.60 Å². The minimum Gasteiger partial charge on any atom is -0.478 e. The highest BCUT2D eigenvalue weighted by Crippen LogP contribution is 2.20. The SMILES string of the molecule is C/C(=C\CN1CCC(C)(O)CC1)C(=O)O. The molecule has 0 aromatic carbocycles. The van der Waals surface area contributed by atoms with Crippen LogP contribution < -0.4 is 0 Å². The fourth-order valence-corrected chi connectivity index (χ4v) is 1.57. The topological polar surface area (TPSA) is 60.8 Å². The third-order valence-corrected chi connectivity index (χ3v) is 2.93. The van der Waals surface area contributed by atoms with E-state index in [-0.39, 0.29) is 0 Å². The molecule has 0 unspecified atom stereocenters. The molecular weight excluding hydrogens is 194 g/mol. The van der Waals surface area contributed by atoms with Crippen molar-refractivity contribution in [3.63, 3.8) is 0 Å². The van der Waals surface area contributed by atoms with Gasteiger partial charge in [0, 0.05) is 25.2 Å². The Labute approximate surface area is 90.2 Å². The lowest BCUT2D eigenvalue weighted by Crippen LogP contribution is -2.42. The normalized spacial score (nSPS) is 22.7. The first kappa shape index (κ1) is 12.2. The van der Waals surface area contributed by atoms with Crippen LogP contribution in [0.5, 0.6) is 0 Å². The fraction of sp³-hybridized carbons (Fsp3) is 0.727. The number of carboxylic acid groups (broad SMARTS) is 1. The Morgan fingerprint density at radius 2 is 2.00 bits per heavy atom. The minimum absolute atomic E-state index is 0.382. The van der Waals surface area contributed by atoms with Gasteiger partial charge >= 0.3 is 5.97 Å². The third kappa shape index (κ3) is 4.01. The summed E-state index contributed by atoms with van der Waals surface area (Å²) in [5.41, 5.74) is -0.158. The molecule has 86 valence electrons. The second-order valence-corrected chi connectivity index (χ2v) is 4.49. The van der Waals surface area contributed by atoms with Crippen LogP contribution in [0.4, 0.5) is 0 Å². The van der Waals surface area contributed by atoms with Crippen LogP contribution in [0, 0.1) is 0 Å². The zero-order valence-electron chi connectivity index (χ0n) is 9.36. The highest BCUT2D eigenvalue weighted by molar-refractivity contribution is 5.85. The first-order valence-corrected chi connectivity index (χ1v) is 5.25. The van der Waals surface area contributed by atoms with Crippen LogP contribution in [0.2, 0.25) is 0 Å². The Kier molecular flexibility index (Phi) is 3.88. The van der Waals surface area contributed by atoms with Gasteiger partial charge in [-0.3, -0.25) is 4.90 Å². The maximum Gasteiger partial charge on any atom is 0.330 e. The number of aliphatic hydroxyl groups is 1. The summed E-state index contributed by atoms with van der Waals surface area (Å²) in [6.45, 7) is 5.77. The monoisotopic (exact) mass is 213 g/mol. The molecule has 4 nitrogen and oxygen atoms in total. The van der Waals surface area contributed by atoms with E-state index in [1.165, 1.54) is 0 Å². The molecule has 2 N–H and O–H groups in total. The van der Waals surface area contributed by atoms with Gasteiger partial charge in [0.25, 0.3) is 0 Å². The van der Waals surface area contributed by atoms with Crippen LogP contribution >= 0.6 is 0 Å². The third-order valence-electron chi connectivity index (χ3n) is 2.93. The number of hydrogen-bond donors (Lipinski definition) is 2. The van der Waals surface area contributed by atoms with E-state index in [1.807, 2.05) is 6.92 Å². The summed E-state index contributed by atoms with van der Waals surface area (Å²) in [5, 5.41) is 18.4. The molecule has 1 aliphatic heterocycles. The van der Waals surface area contributed by atoms with Crippen molar-refractivity contribution in [3.8, 4) is 0 Å². The summed E-state index contributed by atoms with van der Waals surface area (Å²) < 4.78 is 0. The predicted molar refractivity (Wildman–Crippen MR) is 57.7 cm³/mol. The molecule has 0 spiro atoms. The van der Waals surface area contributed by atoms with Gasteiger partial charge < -0.3 is 10.2 Å². The van der Waals surface area contributed by atoms with E-state index < -0.39 is 11.6 Å². The molecule has 1 rings (SSSR count). The van der Waals surface area contributed by atoms with Crippen LogP contribution in [0.25, 0.3) is 0 Å². The van der Waals surface area contributed by atoms with Gasteiger partial charge in [-0.2, -0.15) is 0 Å². The number of nitrogens with zero attached hydrogens (tertiary/aromatic N) is 1. The smallest absolute Gasteiger partial charge is 0.330 e. The van der Waals surface area contributed by atoms with E-state index in [9.17, 15) is 9.90 Å². The van der Waals surface area contributed by atoms with Crippen LogP contribution in [-0.4, -0.2) is 46.3 Å². The first-order chi connectivity index (χ1) is 6.91. The zero-order valence-corrected chi connectivity index (χ0v) is 9.36. The Morgan fingerprint density at radius 1 is 1.47 bits per heavy atom. The zero-order chi connectivity index (χ0) is 11.5. The summed E-state index contributed by atoms with van der Waals surface area (Å²) in [4.78, 5) is 12.7. The van der Waals surface area contributed by atoms with E-state index in [1.54, 1.807) is 13.0 Å². The molecule has 0 aromatic heterocycles. The van der Waals surface area contributed by atoms with Crippen molar-refractivity contribution in [1.82, 2.24) is 4.90 Å². The molecule has 1 heterocycles. The summed E-state index contributed by atoms with van der Waals surface area (Å²) >= 11 is 0. The molecule has 0 radical (unpaired) electrons. The van der Waals surface area contributed by atoms with E-state index >= 15 is 0 Å². The first-order valence-electron chi connectivity index (χ1n) is 5.25. The van der Waals surface area contributed by atoms with Gasteiger partial charge in [-0.15, -0.1) is 0 Å². The summed E-state index contributed by atoms with van der Waals surface area (Å²) in [5.74, 6) is -0.862. The number of carbonyl (C=O) groups is 1. The van der Waals surface area contributed by atoms with Crippen molar-refractivity contribution < 1.29 is 15.0 Å². The molecule has 0 aliphatic carbocycles. The molecule has 1 fully saturated rings. The number of piperidine rings is 1. The van der Waals surface area contributed by atoms with Crippen LogP contribution in [0.1, 0.15) is 26.7 Å². The van der Waals surface area contributed by atoms with Gasteiger partial charge in [-0.25, -0.2) is 4.79 Å². The van der Waals surface area contributed by atoms with Crippen molar-refractivity contribution >= 4 is 5.97 Å². The maximum atomic E-state index is 10.5. The van der Waals surface area contributed by atoms with Gasteiger partial charge in [0.2, 0.25) is 0 Å². The lowest BCUT2D eigenvalue weighted by molar-refractivity contribution is -0.132. The molecule has 0 aromatic rings. The average Bonchev–Trinajstić information content (AvgIpc) is 2.15. The quantitative estimate of drug-likeness (QED) is 0.683. The number of carboxylic acids is 1. The lowest BCUT2D eigenvalue weighted by atomic mass is 9.94. The summed E-state index contributed by atoms with van der Waals surface area (Å²) in [6, 6.07) is 0. The Bertz CT molecular complexity index is 261. The van der Waals surface area contributed by atoms with Crippen LogP contribution in [0.3, 0.4) is 0 Å². The average molecular weight is 213 g/mol. The summed E-state index contributed by atoms with van der Waals surface area (Å²) in [6.07, 6.45) is 3.24. The van der Waals surface area contributed by atoms with Crippen molar-refractivity contribution in [3.05, 3.63) is 11.6 Å². The highest BCUT2D eigenvalue weighted by atomic mass is 16.4. The Morgan fingerprint density at radius 3 is 2.47 bits per heavy atom. The molecule has 1 saturated heterocycles. The molecule has 0 bridgehead atoms. The molecule has 4 heteroatoms. The highest BCUT2D eigenvalue weighted by Gasteiger charge is 2.26. The van der Waals surface area contributed by atoms with Crippen molar-refractivity contribution in [2.24, 2.45) is 0 Å². The van der Waals surface area contributed by atoms with Gasteiger partial charge in [0.1, 0.15) is 0 Å². The second kappa shape index (κ2) is 4.77. The summed E-state index contributed by atoms with van der Waals surface area (Å²) in [7, 11) is 0. The van der Waals surface area contributed by atoms with E-state index in [0.29, 0.717) is 12.1 Å².